The normalized spacial score (nSPS) is 13.5. The number of fused-ring (bicyclic) bond motifs is 2. The molecule has 1 aliphatic heterocycles. The molecule has 4 aromatic rings. The van der Waals surface area contributed by atoms with Gasteiger partial charge in [-0.1, -0.05) is 12.1 Å². The number of nitrogens with zero attached hydrogens (tertiary/aromatic N) is 6. The Hall–Kier alpha value is -3.33. The van der Waals surface area contributed by atoms with E-state index in [4.69, 9.17) is 0 Å². The number of imidazole rings is 1. The third-order valence-electron chi connectivity index (χ3n) is 5.20. The van der Waals surface area contributed by atoms with Crippen molar-refractivity contribution in [3.63, 3.8) is 0 Å². The molecular formula is C21H21N7OS. The average Bonchev–Trinajstić information content (AvgIpc) is 3.33. The number of amides is 1. The van der Waals surface area contributed by atoms with E-state index in [1.165, 1.54) is 0 Å². The number of thiazole rings is 1. The van der Waals surface area contributed by atoms with Crippen LogP contribution in [0.3, 0.4) is 0 Å². The first-order valence-corrected chi connectivity index (χ1v) is 10.6. The monoisotopic (exact) mass is 419 g/mol. The van der Waals surface area contributed by atoms with Crippen LogP contribution in [-0.2, 0) is 24.3 Å². The van der Waals surface area contributed by atoms with Gasteiger partial charge in [-0.05, 0) is 26.0 Å². The van der Waals surface area contributed by atoms with Gasteiger partial charge in [0.25, 0.3) is 0 Å². The number of carbonyl (C=O) groups is 1. The van der Waals surface area contributed by atoms with Gasteiger partial charge in [-0.15, -0.1) is 11.3 Å². The summed E-state index contributed by atoms with van der Waals surface area (Å²) in [5.41, 5.74) is 3.81. The van der Waals surface area contributed by atoms with Gasteiger partial charge in [-0.2, -0.15) is 0 Å². The number of hydrogen-bond donors (Lipinski definition) is 1. The first kappa shape index (κ1) is 18.7. The van der Waals surface area contributed by atoms with Crippen molar-refractivity contribution in [1.29, 1.82) is 0 Å². The fraction of sp³-hybridized carbons (Fsp3) is 0.286. The molecule has 9 heteroatoms. The first-order valence-electron chi connectivity index (χ1n) is 9.80. The van der Waals surface area contributed by atoms with Gasteiger partial charge in [-0.25, -0.2) is 19.9 Å². The van der Waals surface area contributed by atoms with Crippen LogP contribution in [-0.4, -0.2) is 41.9 Å². The van der Waals surface area contributed by atoms with Crippen LogP contribution in [0.2, 0.25) is 0 Å². The highest BCUT2D eigenvalue weighted by molar-refractivity contribution is 7.15. The van der Waals surface area contributed by atoms with Crippen LogP contribution < -0.4 is 5.32 Å². The van der Waals surface area contributed by atoms with Gasteiger partial charge in [-0.3, -0.25) is 4.79 Å². The van der Waals surface area contributed by atoms with Crippen molar-refractivity contribution in [2.24, 2.45) is 0 Å². The van der Waals surface area contributed by atoms with E-state index in [-0.39, 0.29) is 12.5 Å². The van der Waals surface area contributed by atoms with Crippen LogP contribution in [0.15, 0.2) is 36.8 Å². The lowest BCUT2D eigenvalue weighted by atomic mass is 10.1. The van der Waals surface area contributed by atoms with E-state index in [9.17, 15) is 4.79 Å². The number of nitrogens with one attached hydrogen (secondary N) is 1. The van der Waals surface area contributed by atoms with Crippen molar-refractivity contribution in [2.45, 2.75) is 33.4 Å². The molecule has 0 spiro atoms. The van der Waals surface area contributed by atoms with Gasteiger partial charge in [0.2, 0.25) is 5.91 Å². The molecule has 5 rings (SSSR count). The van der Waals surface area contributed by atoms with Crippen LogP contribution in [0, 0.1) is 13.8 Å². The molecule has 8 nitrogen and oxygen atoms in total. The van der Waals surface area contributed by atoms with E-state index < -0.39 is 0 Å². The lowest BCUT2D eigenvalue weighted by Gasteiger charge is -2.29. The van der Waals surface area contributed by atoms with E-state index in [1.54, 1.807) is 17.7 Å². The smallest absolute Gasteiger partial charge is 0.242 e. The fourth-order valence-corrected chi connectivity index (χ4v) is 4.41. The lowest BCUT2D eigenvalue weighted by Crippen LogP contribution is -2.38. The highest BCUT2D eigenvalue weighted by Gasteiger charge is 2.26. The Kier molecular flexibility index (Phi) is 4.66. The molecule has 1 aromatic carbocycles. The topological polar surface area (TPSA) is 88.8 Å². The maximum atomic E-state index is 13.1. The van der Waals surface area contributed by atoms with Gasteiger partial charge >= 0.3 is 0 Å². The Morgan fingerprint density at radius 2 is 2.07 bits per heavy atom. The molecule has 152 valence electrons. The Balaban J connectivity index is 1.39. The molecule has 0 bridgehead atoms. The standard InChI is InChI=1S/C21H21N7OS/c1-13-9-22-21(30-13)26-20-15-10-27(8-7-16(15)24-14(2)25-20)19(29)11-28-12-23-17-5-3-4-6-18(17)28/h3-6,9,12H,7-8,10-11H2,1-2H3,(H,22,24,25,26). The van der Waals surface area contributed by atoms with Crippen LogP contribution >= 0.6 is 11.3 Å². The van der Waals surface area contributed by atoms with Crippen molar-refractivity contribution >= 4 is 39.2 Å². The molecule has 0 saturated carbocycles. The van der Waals surface area contributed by atoms with Crippen molar-refractivity contribution in [2.75, 3.05) is 11.9 Å². The number of hydrogen-bond acceptors (Lipinski definition) is 7. The Morgan fingerprint density at radius 1 is 1.20 bits per heavy atom. The number of anilines is 2. The number of rotatable bonds is 4. The molecule has 1 aliphatic rings. The van der Waals surface area contributed by atoms with Crippen molar-refractivity contribution in [3.8, 4) is 0 Å². The average molecular weight is 420 g/mol. The zero-order chi connectivity index (χ0) is 20.7. The number of aromatic nitrogens is 5. The molecule has 0 saturated heterocycles. The SMILES string of the molecule is Cc1nc2c(c(Nc3ncc(C)s3)n1)CN(C(=O)Cn1cnc3ccccc31)CC2. The zero-order valence-corrected chi connectivity index (χ0v) is 17.6. The summed E-state index contributed by atoms with van der Waals surface area (Å²) in [5.74, 6) is 1.51. The van der Waals surface area contributed by atoms with Crippen LogP contribution in [0.1, 0.15) is 22.0 Å². The third-order valence-corrected chi connectivity index (χ3v) is 6.03. The third kappa shape index (κ3) is 3.52. The summed E-state index contributed by atoms with van der Waals surface area (Å²) >= 11 is 1.58. The summed E-state index contributed by atoms with van der Waals surface area (Å²) in [6.07, 6.45) is 4.27. The van der Waals surface area contributed by atoms with E-state index in [0.29, 0.717) is 25.3 Å². The van der Waals surface area contributed by atoms with E-state index in [1.807, 2.05) is 53.8 Å². The highest BCUT2D eigenvalue weighted by Crippen LogP contribution is 2.28. The minimum Gasteiger partial charge on any atom is -0.336 e. The van der Waals surface area contributed by atoms with Crippen LogP contribution in [0.5, 0.6) is 0 Å². The summed E-state index contributed by atoms with van der Waals surface area (Å²) < 4.78 is 1.90. The second-order valence-electron chi connectivity index (χ2n) is 7.37. The molecule has 0 radical (unpaired) electrons. The molecular weight excluding hydrogens is 398 g/mol. The number of aryl methyl sites for hydroxylation is 2. The minimum atomic E-state index is 0.0559. The minimum absolute atomic E-state index is 0.0559. The van der Waals surface area contributed by atoms with E-state index >= 15 is 0 Å². The predicted molar refractivity (Wildman–Crippen MR) is 116 cm³/mol. The van der Waals surface area contributed by atoms with Crippen molar-refractivity contribution < 1.29 is 4.79 Å². The number of para-hydroxylation sites is 2. The Labute approximate surface area is 177 Å². The molecule has 3 aromatic heterocycles. The van der Waals surface area contributed by atoms with Gasteiger partial charge in [0.05, 0.1) is 29.6 Å². The van der Waals surface area contributed by atoms with Gasteiger partial charge in [0.15, 0.2) is 5.13 Å². The largest absolute Gasteiger partial charge is 0.336 e. The maximum Gasteiger partial charge on any atom is 0.242 e. The second kappa shape index (κ2) is 7.49. The summed E-state index contributed by atoms with van der Waals surface area (Å²) in [6.45, 7) is 5.29. The highest BCUT2D eigenvalue weighted by atomic mass is 32.1. The summed E-state index contributed by atoms with van der Waals surface area (Å²) in [5, 5.41) is 4.12. The van der Waals surface area contributed by atoms with E-state index in [0.717, 1.165) is 38.1 Å². The van der Waals surface area contributed by atoms with Crippen molar-refractivity contribution in [3.05, 3.63) is 58.7 Å². The molecule has 0 fully saturated rings. The summed E-state index contributed by atoms with van der Waals surface area (Å²) in [6, 6.07) is 7.84. The molecule has 0 unspecified atom stereocenters. The Morgan fingerprint density at radius 3 is 2.90 bits per heavy atom. The zero-order valence-electron chi connectivity index (χ0n) is 16.8. The predicted octanol–water partition coefficient (Wildman–Crippen LogP) is 3.23. The van der Waals surface area contributed by atoms with Crippen molar-refractivity contribution in [1.82, 2.24) is 29.4 Å². The van der Waals surface area contributed by atoms with Gasteiger partial charge < -0.3 is 14.8 Å². The van der Waals surface area contributed by atoms with Gasteiger partial charge in [0.1, 0.15) is 18.2 Å². The molecule has 1 N–H and O–H groups in total. The van der Waals surface area contributed by atoms with Gasteiger partial charge in [0, 0.05) is 29.6 Å². The lowest BCUT2D eigenvalue weighted by molar-refractivity contribution is -0.132. The first-order chi connectivity index (χ1) is 14.6. The number of benzene rings is 1. The second-order valence-corrected chi connectivity index (χ2v) is 8.61. The number of carbonyl (C=O) groups excluding carboxylic acids is 1. The summed E-state index contributed by atoms with van der Waals surface area (Å²) in [7, 11) is 0. The molecule has 30 heavy (non-hydrogen) atoms. The summed E-state index contributed by atoms with van der Waals surface area (Å²) in [4.78, 5) is 34.0. The molecule has 0 aliphatic carbocycles. The Bertz CT molecular complexity index is 1250. The van der Waals surface area contributed by atoms with Crippen LogP contribution in [0.4, 0.5) is 10.9 Å². The maximum absolute atomic E-state index is 13.1. The quantitative estimate of drug-likeness (QED) is 0.546. The molecule has 4 heterocycles. The fourth-order valence-electron chi connectivity index (χ4n) is 3.75. The molecule has 0 atom stereocenters. The molecule has 1 amide bonds. The van der Waals surface area contributed by atoms with Crippen LogP contribution in [0.25, 0.3) is 11.0 Å². The van der Waals surface area contributed by atoms with E-state index in [2.05, 4.69) is 25.3 Å².